The van der Waals surface area contributed by atoms with Crippen molar-refractivity contribution in [2.45, 2.75) is 0 Å². The third-order valence-corrected chi connectivity index (χ3v) is 3.26. The number of nitrogens with two attached hydrogens (primary N) is 1. The quantitative estimate of drug-likeness (QED) is 0.822. The Labute approximate surface area is 120 Å². The Morgan fingerprint density at radius 3 is 2.53 bits per heavy atom. The SMILES string of the molecule is COc1cc(Nc2ccc(Cl)c(Cl)c2)c(F)cc1N. The fourth-order valence-corrected chi connectivity index (χ4v) is 1.87. The number of methoxy groups -OCH3 is 1. The molecule has 0 amide bonds. The van der Waals surface area contributed by atoms with Gasteiger partial charge in [-0.2, -0.15) is 0 Å². The molecular formula is C13H11Cl2FN2O. The molecule has 3 N–H and O–H groups in total. The van der Waals surface area contributed by atoms with Crippen molar-refractivity contribution in [2.75, 3.05) is 18.2 Å². The number of nitrogens with one attached hydrogen (secondary N) is 1. The van der Waals surface area contributed by atoms with Crippen molar-refractivity contribution < 1.29 is 9.13 Å². The van der Waals surface area contributed by atoms with E-state index in [1.54, 1.807) is 18.2 Å². The van der Waals surface area contributed by atoms with Gasteiger partial charge in [-0.1, -0.05) is 23.2 Å². The van der Waals surface area contributed by atoms with Crippen LogP contribution >= 0.6 is 23.2 Å². The molecule has 0 aliphatic heterocycles. The lowest BCUT2D eigenvalue weighted by Crippen LogP contribution is -1.98. The Morgan fingerprint density at radius 2 is 1.89 bits per heavy atom. The number of anilines is 3. The van der Waals surface area contributed by atoms with Crippen LogP contribution in [0.2, 0.25) is 10.0 Å². The molecule has 0 aliphatic rings. The van der Waals surface area contributed by atoms with Crippen molar-refractivity contribution >= 4 is 40.3 Å². The third kappa shape index (κ3) is 3.03. The molecule has 0 aromatic heterocycles. The second kappa shape index (κ2) is 5.55. The molecule has 100 valence electrons. The Hall–Kier alpha value is -1.65. The van der Waals surface area contributed by atoms with E-state index in [0.717, 1.165) is 0 Å². The number of ether oxygens (including phenoxy) is 1. The van der Waals surface area contributed by atoms with Crippen LogP contribution in [0.5, 0.6) is 5.75 Å². The smallest absolute Gasteiger partial charge is 0.148 e. The van der Waals surface area contributed by atoms with Crippen molar-refractivity contribution in [2.24, 2.45) is 0 Å². The van der Waals surface area contributed by atoms with Crippen LogP contribution in [0.15, 0.2) is 30.3 Å². The average Bonchev–Trinajstić information content (AvgIpc) is 2.37. The number of nitrogen functional groups attached to an aromatic ring is 1. The molecular weight excluding hydrogens is 290 g/mol. The van der Waals surface area contributed by atoms with Gasteiger partial charge in [0.1, 0.15) is 11.6 Å². The van der Waals surface area contributed by atoms with Crippen LogP contribution in [0.4, 0.5) is 21.5 Å². The number of halogens is 3. The van der Waals surface area contributed by atoms with E-state index in [1.165, 1.54) is 19.2 Å². The van der Waals surface area contributed by atoms with Gasteiger partial charge in [0.05, 0.1) is 28.5 Å². The molecule has 0 heterocycles. The first kappa shape index (κ1) is 13.8. The van der Waals surface area contributed by atoms with Crippen molar-refractivity contribution in [1.29, 1.82) is 0 Å². The highest BCUT2D eigenvalue weighted by Gasteiger charge is 2.09. The van der Waals surface area contributed by atoms with Gasteiger partial charge in [-0.15, -0.1) is 0 Å². The predicted octanol–water partition coefficient (Wildman–Crippen LogP) is 4.47. The third-order valence-electron chi connectivity index (χ3n) is 2.52. The second-order valence-corrected chi connectivity index (χ2v) is 4.64. The maximum atomic E-state index is 13.8. The minimum Gasteiger partial charge on any atom is -0.495 e. The summed E-state index contributed by atoms with van der Waals surface area (Å²) in [5.74, 6) is -0.0895. The Bertz CT molecular complexity index is 620. The average molecular weight is 301 g/mol. The molecule has 0 saturated heterocycles. The molecule has 2 aromatic carbocycles. The summed E-state index contributed by atoms with van der Waals surface area (Å²) in [4.78, 5) is 0. The number of hydrogen-bond donors (Lipinski definition) is 2. The highest BCUT2D eigenvalue weighted by molar-refractivity contribution is 6.42. The summed E-state index contributed by atoms with van der Waals surface area (Å²) in [6.45, 7) is 0. The topological polar surface area (TPSA) is 47.3 Å². The summed E-state index contributed by atoms with van der Waals surface area (Å²) in [7, 11) is 1.46. The molecule has 2 rings (SSSR count). The highest BCUT2D eigenvalue weighted by Crippen LogP contribution is 2.32. The van der Waals surface area contributed by atoms with E-state index in [2.05, 4.69) is 5.32 Å². The van der Waals surface area contributed by atoms with E-state index in [0.29, 0.717) is 21.5 Å². The summed E-state index contributed by atoms with van der Waals surface area (Å²) in [5, 5.41) is 3.71. The summed E-state index contributed by atoms with van der Waals surface area (Å²) < 4.78 is 18.8. The molecule has 0 fully saturated rings. The lowest BCUT2D eigenvalue weighted by Gasteiger charge is -2.11. The van der Waals surface area contributed by atoms with Crippen molar-refractivity contribution in [3.63, 3.8) is 0 Å². The first-order valence-electron chi connectivity index (χ1n) is 5.36. The Kier molecular flexibility index (Phi) is 4.02. The zero-order valence-corrected chi connectivity index (χ0v) is 11.5. The summed E-state index contributed by atoms with van der Waals surface area (Å²) in [6, 6.07) is 7.59. The second-order valence-electron chi connectivity index (χ2n) is 3.83. The van der Waals surface area contributed by atoms with Crippen LogP contribution in [-0.4, -0.2) is 7.11 Å². The van der Waals surface area contributed by atoms with Gasteiger partial charge < -0.3 is 15.8 Å². The van der Waals surface area contributed by atoms with Gasteiger partial charge >= 0.3 is 0 Å². The standard InChI is InChI=1S/C13H11Cl2FN2O/c1-19-13-6-12(10(16)5-11(13)17)18-7-2-3-8(14)9(15)4-7/h2-6,18H,17H2,1H3. The van der Waals surface area contributed by atoms with Gasteiger partial charge in [-0.3, -0.25) is 0 Å². The monoisotopic (exact) mass is 300 g/mol. The zero-order chi connectivity index (χ0) is 14.0. The zero-order valence-electron chi connectivity index (χ0n) is 10.0. The van der Waals surface area contributed by atoms with Crippen LogP contribution in [-0.2, 0) is 0 Å². The maximum absolute atomic E-state index is 13.8. The van der Waals surface area contributed by atoms with Crippen molar-refractivity contribution in [1.82, 2.24) is 0 Å². The lowest BCUT2D eigenvalue weighted by atomic mass is 10.2. The molecule has 6 heteroatoms. The van der Waals surface area contributed by atoms with Crippen LogP contribution in [0.1, 0.15) is 0 Å². The Morgan fingerprint density at radius 1 is 1.16 bits per heavy atom. The predicted molar refractivity (Wildman–Crippen MR) is 77.1 cm³/mol. The minimum absolute atomic E-state index is 0.236. The summed E-state index contributed by atoms with van der Waals surface area (Å²) in [5.41, 5.74) is 6.69. The normalized spacial score (nSPS) is 10.3. The largest absolute Gasteiger partial charge is 0.495 e. The van der Waals surface area contributed by atoms with Gasteiger partial charge in [-0.05, 0) is 18.2 Å². The lowest BCUT2D eigenvalue weighted by molar-refractivity contribution is 0.416. The van der Waals surface area contributed by atoms with Crippen LogP contribution < -0.4 is 15.8 Å². The summed E-state index contributed by atoms with van der Waals surface area (Å²) >= 11 is 11.7. The first-order valence-corrected chi connectivity index (χ1v) is 6.12. The van der Waals surface area contributed by atoms with Crippen LogP contribution in [0.25, 0.3) is 0 Å². The fourth-order valence-electron chi connectivity index (χ4n) is 1.57. The van der Waals surface area contributed by atoms with E-state index >= 15 is 0 Å². The van der Waals surface area contributed by atoms with Gasteiger partial charge in [0, 0.05) is 17.8 Å². The fraction of sp³-hybridized carbons (Fsp3) is 0.0769. The van der Waals surface area contributed by atoms with Crippen molar-refractivity contribution in [3.05, 3.63) is 46.2 Å². The van der Waals surface area contributed by atoms with Crippen LogP contribution in [0.3, 0.4) is 0 Å². The molecule has 0 radical (unpaired) electrons. The Balaban J connectivity index is 2.34. The maximum Gasteiger partial charge on any atom is 0.148 e. The number of hydrogen-bond acceptors (Lipinski definition) is 3. The number of rotatable bonds is 3. The van der Waals surface area contributed by atoms with E-state index in [-0.39, 0.29) is 11.4 Å². The minimum atomic E-state index is -0.482. The molecule has 0 bridgehead atoms. The molecule has 0 aliphatic carbocycles. The van der Waals surface area contributed by atoms with Crippen LogP contribution in [0, 0.1) is 5.82 Å². The van der Waals surface area contributed by atoms with E-state index in [9.17, 15) is 4.39 Å². The van der Waals surface area contributed by atoms with Gasteiger partial charge in [-0.25, -0.2) is 4.39 Å². The molecule has 3 nitrogen and oxygen atoms in total. The molecule has 0 atom stereocenters. The molecule has 0 unspecified atom stereocenters. The molecule has 19 heavy (non-hydrogen) atoms. The van der Waals surface area contributed by atoms with E-state index in [1.807, 2.05) is 0 Å². The van der Waals surface area contributed by atoms with E-state index in [4.69, 9.17) is 33.7 Å². The highest BCUT2D eigenvalue weighted by atomic mass is 35.5. The molecule has 0 saturated carbocycles. The number of benzene rings is 2. The van der Waals surface area contributed by atoms with Gasteiger partial charge in [0.15, 0.2) is 0 Å². The molecule has 0 spiro atoms. The van der Waals surface area contributed by atoms with Crippen molar-refractivity contribution in [3.8, 4) is 5.75 Å². The van der Waals surface area contributed by atoms with Gasteiger partial charge in [0.25, 0.3) is 0 Å². The first-order chi connectivity index (χ1) is 9.01. The molecule has 2 aromatic rings. The van der Waals surface area contributed by atoms with Gasteiger partial charge in [0.2, 0.25) is 0 Å². The summed E-state index contributed by atoms with van der Waals surface area (Å²) in [6.07, 6.45) is 0. The van der Waals surface area contributed by atoms with E-state index < -0.39 is 5.82 Å².